The van der Waals surface area contributed by atoms with Crippen molar-refractivity contribution in [3.8, 4) is 11.8 Å². The maximum absolute atomic E-state index is 10.8. The first kappa shape index (κ1) is 23.8. The number of anilines is 2. The van der Waals surface area contributed by atoms with Crippen molar-refractivity contribution in [2.75, 3.05) is 18.4 Å². The fourth-order valence-electron chi connectivity index (χ4n) is 4.18. The minimum atomic E-state index is -0.642. The van der Waals surface area contributed by atoms with Crippen molar-refractivity contribution in [1.82, 2.24) is 14.9 Å². The molecule has 2 aromatic carbocycles. The molecule has 36 heavy (non-hydrogen) atoms. The van der Waals surface area contributed by atoms with Crippen LogP contribution in [0.1, 0.15) is 35.8 Å². The first-order valence-corrected chi connectivity index (χ1v) is 12.2. The van der Waals surface area contributed by atoms with Gasteiger partial charge in [-0.2, -0.15) is 4.98 Å². The van der Waals surface area contributed by atoms with E-state index in [0.717, 1.165) is 42.6 Å². The summed E-state index contributed by atoms with van der Waals surface area (Å²) in [4.78, 5) is 11.2. The molecular formula is C29H30N4O3. The molecule has 4 aromatic rings. The summed E-state index contributed by atoms with van der Waals surface area (Å²) in [5, 5.41) is 14.1. The second-order valence-electron chi connectivity index (χ2n) is 8.77. The lowest BCUT2D eigenvalue weighted by Gasteiger charge is -2.23. The second kappa shape index (κ2) is 11.7. The van der Waals surface area contributed by atoms with Crippen LogP contribution in [-0.2, 0) is 13.2 Å². The van der Waals surface area contributed by atoms with E-state index in [2.05, 4.69) is 20.2 Å². The summed E-state index contributed by atoms with van der Waals surface area (Å²) in [5.74, 6) is 1.49. The Morgan fingerprint density at radius 3 is 2.19 bits per heavy atom. The molecule has 3 heterocycles. The van der Waals surface area contributed by atoms with Crippen LogP contribution in [0.4, 0.5) is 11.5 Å². The van der Waals surface area contributed by atoms with Crippen molar-refractivity contribution in [2.24, 2.45) is 0 Å². The van der Waals surface area contributed by atoms with Gasteiger partial charge in [-0.05, 0) is 42.2 Å². The number of aliphatic hydroxyl groups excluding tert-OH is 1. The summed E-state index contributed by atoms with van der Waals surface area (Å²) in [5.41, 5.74) is 3.57. The number of ether oxygens (including phenoxy) is 2. The van der Waals surface area contributed by atoms with Gasteiger partial charge in [0, 0.05) is 30.9 Å². The molecule has 2 N–H and O–H groups in total. The van der Waals surface area contributed by atoms with Gasteiger partial charge < -0.3 is 19.9 Å². The van der Waals surface area contributed by atoms with Gasteiger partial charge in [-0.25, -0.2) is 4.98 Å². The number of hydrogen-bond acceptors (Lipinski definition) is 7. The molecule has 184 valence electrons. The third-order valence-corrected chi connectivity index (χ3v) is 6.11. The maximum Gasteiger partial charge on any atom is 0.241 e. The standard InChI is InChI=1S/C29H30N4O3/c34-29(33-17-7-8-18-33)24-15-16-30-26(19-24)31-25-13-14-27(35-20-22-9-3-1-4-10-22)32-28(25)36-21-23-11-5-2-6-12-23/h1-6,9-16,19,29,34H,7-8,17-18,20-21H2,(H,30,31). The minimum Gasteiger partial charge on any atom is -0.473 e. The summed E-state index contributed by atoms with van der Waals surface area (Å²) in [6, 6.07) is 27.3. The fraction of sp³-hybridized carbons (Fsp3) is 0.241. The number of nitrogens with one attached hydrogen (secondary N) is 1. The van der Waals surface area contributed by atoms with Gasteiger partial charge in [0.05, 0.1) is 0 Å². The Kier molecular flexibility index (Phi) is 7.70. The Labute approximate surface area is 211 Å². The smallest absolute Gasteiger partial charge is 0.241 e. The van der Waals surface area contributed by atoms with Crippen molar-refractivity contribution < 1.29 is 14.6 Å². The average Bonchev–Trinajstić information content (AvgIpc) is 3.48. The third-order valence-electron chi connectivity index (χ3n) is 6.11. The van der Waals surface area contributed by atoms with Gasteiger partial charge >= 0.3 is 0 Å². The quantitative estimate of drug-likeness (QED) is 0.310. The highest BCUT2D eigenvalue weighted by molar-refractivity contribution is 5.63. The number of pyridine rings is 2. The normalized spacial score (nSPS) is 14.4. The highest BCUT2D eigenvalue weighted by atomic mass is 16.5. The van der Waals surface area contributed by atoms with E-state index >= 15 is 0 Å². The van der Waals surface area contributed by atoms with Gasteiger partial charge in [0.15, 0.2) is 0 Å². The van der Waals surface area contributed by atoms with E-state index < -0.39 is 6.23 Å². The van der Waals surface area contributed by atoms with Crippen LogP contribution in [0.5, 0.6) is 11.8 Å². The molecule has 7 nitrogen and oxygen atoms in total. The van der Waals surface area contributed by atoms with Crippen molar-refractivity contribution in [3.05, 3.63) is 108 Å². The summed E-state index contributed by atoms with van der Waals surface area (Å²) in [6.45, 7) is 2.58. The van der Waals surface area contributed by atoms with Gasteiger partial charge in [-0.15, -0.1) is 0 Å². The molecule has 1 saturated heterocycles. The molecule has 1 aliphatic rings. The minimum absolute atomic E-state index is 0.367. The van der Waals surface area contributed by atoms with Crippen LogP contribution in [0.3, 0.4) is 0 Å². The van der Waals surface area contributed by atoms with Gasteiger partial charge in [-0.3, -0.25) is 4.90 Å². The largest absolute Gasteiger partial charge is 0.473 e. The van der Waals surface area contributed by atoms with Crippen LogP contribution in [0.15, 0.2) is 91.1 Å². The zero-order valence-corrected chi connectivity index (χ0v) is 20.1. The van der Waals surface area contributed by atoms with Crippen molar-refractivity contribution in [1.29, 1.82) is 0 Å². The van der Waals surface area contributed by atoms with Crippen molar-refractivity contribution in [2.45, 2.75) is 32.3 Å². The van der Waals surface area contributed by atoms with E-state index in [1.807, 2.05) is 84.9 Å². The summed E-state index contributed by atoms with van der Waals surface area (Å²) in [7, 11) is 0. The summed E-state index contributed by atoms with van der Waals surface area (Å²) >= 11 is 0. The zero-order valence-electron chi connectivity index (χ0n) is 20.1. The van der Waals surface area contributed by atoms with Crippen LogP contribution in [-0.4, -0.2) is 33.1 Å². The van der Waals surface area contributed by atoms with Crippen LogP contribution >= 0.6 is 0 Å². The van der Waals surface area contributed by atoms with Crippen LogP contribution < -0.4 is 14.8 Å². The number of hydrogen-bond donors (Lipinski definition) is 2. The van der Waals surface area contributed by atoms with E-state index in [1.165, 1.54) is 0 Å². The third kappa shape index (κ3) is 6.19. The van der Waals surface area contributed by atoms with Crippen molar-refractivity contribution >= 4 is 11.5 Å². The lowest BCUT2D eigenvalue weighted by molar-refractivity contribution is 0.0190. The molecule has 0 saturated carbocycles. The molecule has 5 rings (SSSR count). The topological polar surface area (TPSA) is 79.7 Å². The Balaban J connectivity index is 1.35. The molecule has 0 bridgehead atoms. The summed E-state index contributed by atoms with van der Waals surface area (Å²) in [6.07, 6.45) is 3.28. The van der Waals surface area contributed by atoms with Gasteiger partial charge in [0.1, 0.15) is 30.9 Å². The highest BCUT2D eigenvalue weighted by Crippen LogP contribution is 2.30. The van der Waals surface area contributed by atoms with Crippen LogP contribution in [0, 0.1) is 0 Å². The number of likely N-dealkylation sites (tertiary alicyclic amines) is 1. The summed E-state index contributed by atoms with van der Waals surface area (Å²) < 4.78 is 12.0. The van der Waals surface area contributed by atoms with E-state index in [0.29, 0.717) is 36.5 Å². The molecule has 0 spiro atoms. The first-order valence-electron chi connectivity index (χ1n) is 12.2. The molecule has 0 radical (unpaired) electrons. The predicted molar refractivity (Wildman–Crippen MR) is 139 cm³/mol. The molecule has 2 aromatic heterocycles. The second-order valence-corrected chi connectivity index (χ2v) is 8.77. The van der Waals surface area contributed by atoms with Crippen molar-refractivity contribution in [3.63, 3.8) is 0 Å². The average molecular weight is 483 g/mol. The maximum atomic E-state index is 10.8. The molecule has 0 amide bonds. The first-order chi connectivity index (χ1) is 17.7. The lowest BCUT2D eigenvalue weighted by atomic mass is 10.2. The SMILES string of the molecule is OC(c1ccnc(Nc2ccc(OCc3ccccc3)nc2OCc2ccccc2)c1)N1CCCC1. The molecule has 1 unspecified atom stereocenters. The van der Waals surface area contributed by atoms with Crippen LogP contribution in [0.2, 0.25) is 0 Å². The van der Waals surface area contributed by atoms with E-state index in [1.54, 1.807) is 6.20 Å². The lowest BCUT2D eigenvalue weighted by Crippen LogP contribution is -2.25. The predicted octanol–water partition coefficient (Wildman–Crippen LogP) is 5.46. The van der Waals surface area contributed by atoms with Crippen LogP contribution in [0.25, 0.3) is 0 Å². The molecule has 0 aliphatic carbocycles. The molecule has 1 fully saturated rings. The van der Waals surface area contributed by atoms with E-state index in [-0.39, 0.29) is 0 Å². The number of aromatic nitrogens is 2. The monoisotopic (exact) mass is 482 g/mol. The molecule has 1 aliphatic heterocycles. The molecule has 7 heteroatoms. The number of benzene rings is 2. The van der Waals surface area contributed by atoms with Gasteiger partial charge in [-0.1, -0.05) is 60.7 Å². The Morgan fingerprint density at radius 1 is 0.833 bits per heavy atom. The Bertz CT molecular complexity index is 1250. The zero-order chi connectivity index (χ0) is 24.6. The molecular weight excluding hydrogens is 452 g/mol. The van der Waals surface area contributed by atoms with E-state index in [9.17, 15) is 5.11 Å². The van der Waals surface area contributed by atoms with Gasteiger partial charge in [0.25, 0.3) is 0 Å². The molecule has 1 atom stereocenters. The number of aliphatic hydroxyl groups is 1. The van der Waals surface area contributed by atoms with Gasteiger partial charge in [0.2, 0.25) is 11.8 Å². The number of nitrogens with zero attached hydrogens (tertiary/aromatic N) is 3. The Hall–Kier alpha value is -3.94. The van der Waals surface area contributed by atoms with E-state index in [4.69, 9.17) is 9.47 Å². The fourth-order valence-corrected chi connectivity index (χ4v) is 4.18. The Morgan fingerprint density at radius 2 is 1.50 bits per heavy atom. The highest BCUT2D eigenvalue weighted by Gasteiger charge is 2.21. The number of rotatable bonds is 10.